The first-order valence-corrected chi connectivity index (χ1v) is 10.4. The highest BCUT2D eigenvalue weighted by Gasteiger charge is 2.02. The zero-order chi connectivity index (χ0) is 19.5. The standard InChI is InChI=1S/C19H24N4O2S2/c1-14-8-10-16(26-14)12-20-22-18(24)6-4-3-5-7-19(25)23-21-13-17-11-9-15(2)27-17/h8-13H,3-7H2,1-2H3,(H,22,24)(H,23,25)/b20-12+,21-13+. The Morgan fingerprint density at radius 2 is 1.26 bits per heavy atom. The average Bonchev–Trinajstić information content (AvgIpc) is 3.23. The number of rotatable bonds is 10. The monoisotopic (exact) mass is 404 g/mol. The molecule has 0 radical (unpaired) electrons. The van der Waals surface area contributed by atoms with Crippen LogP contribution in [0, 0.1) is 13.8 Å². The van der Waals surface area contributed by atoms with Crippen molar-refractivity contribution in [2.24, 2.45) is 10.2 Å². The predicted octanol–water partition coefficient (Wildman–Crippen LogP) is 3.98. The number of carbonyl (C=O) groups excluding carboxylic acids is 2. The molecule has 8 heteroatoms. The molecule has 2 aromatic heterocycles. The highest BCUT2D eigenvalue weighted by Crippen LogP contribution is 2.13. The molecule has 2 aromatic rings. The lowest BCUT2D eigenvalue weighted by Gasteiger charge is -2.01. The largest absolute Gasteiger partial charge is 0.273 e. The molecule has 0 aliphatic heterocycles. The van der Waals surface area contributed by atoms with Crippen LogP contribution in [0.4, 0.5) is 0 Å². The molecule has 0 fully saturated rings. The first-order chi connectivity index (χ1) is 13.0. The van der Waals surface area contributed by atoms with E-state index in [1.165, 1.54) is 9.75 Å². The summed E-state index contributed by atoms with van der Waals surface area (Å²) in [5.74, 6) is -0.223. The fraction of sp³-hybridized carbons (Fsp3) is 0.368. The van der Waals surface area contributed by atoms with Gasteiger partial charge in [0.25, 0.3) is 0 Å². The molecule has 2 amide bonds. The first-order valence-electron chi connectivity index (χ1n) is 8.79. The minimum Gasteiger partial charge on any atom is -0.273 e. The molecular formula is C19H24N4O2S2. The molecular weight excluding hydrogens is 380 g/mol. The van der Waals surface area contributed by atoms with Crippen LogP contribution in [-0.4, -0.2) is 24.2 Å². The zero-order valence-corrected chi connectivity index (χ0v) is 17.2. The van der Waals surface area contributed by atoms with E-state index in [2.05, 4.69) is 21.1 Å². The maximum Gasteiger partial charge on any atom is 0.240 e. The van der Waals surface area contributed by atoms with E-state index in [9.17, 15) is 9.59 Å². The molecule has 2 rings (SSSR count). The van der Waals surface area contributed by atoms with Crippen molar-refractivity contribution in [3.05, 3.63) is 43.8 Å². The number of hydrogen-bond acceptors (Lipinski definition) is 6. The predicted molar refractivity (Wildman–Crippen MR) is 113 cm³/mol. The summed E-state index contributed by atoms with van der Waals surface area (Å²) in [6.45, 7) is 4.05. The van der Waals surface area contributed by atoms with Crippen molar-refractivity contribution in [3.63, 3.8) is 0 Å². The van der Waals surface area contributed by atoms with Crippen molar-refractivity contribution in [1.82, 2.24) is 10.9 Å². The Balaban J connectivity index is 1.50. The summed E-state index contributed by atoms with van der Waals surface area (Å²) in [4.78, 5) is 27.8. The van der Waals surface area contributed by atoms with Gasteiger partial charge in [-0.2, -0.15) is 10.2 Å². The third-order valence-electron chi connectivity index (χ3n) is 3.59. The van der Waals surface area contributed by atoms with Crippen molar-refractivity contribution < 1.29 is 9.59 Å². The molecule has 0 aliphatic rings. The summed E-state index contributed by atoms with van der Waals surface area (Å²) in [5, 5.41) is 7.90. The fourth-order valence-corrected chi connectivity index (χ4v) is 3.74. The molecule has 27 heavy (non-hydrogen) atoms. The lowest BCUT2D eigenvalue weighted by molar-refractivity contribution is -0.121. The van der Waals surface area contributed by atoms with E-state index in [0.717, 1.165) is 29.0 Å². The van der Waals surface area contributed by atoms with Crippen LogP contribution in [-0.2, 0) is 9.59 Å². The highest BCUT2D eigenvalue weighted by atomic mass is 32.1. The number of hydrazone groups is 2. The van der Waals surface area contributed by atoms with Crippen LogP contribution >= 0.6 is 22.7 Å². The summed E-state index contributed by atoms with van der Waals surface area (Å²) in [7, 11) is 0. The zero-order valence-electron chi connectivity index (χ0n) is 15.5. The second-order valence-corrected chi connectivity index (χ2v) is 8.68. The number of unbranched alkanes of at least 4 members (excludes halogenated alkanes) is 2. The summed E-state index contributed by atoms with van der Waals surface area (Å²) >= 11 is 3.25. The quantitative estimate of drug-likeness (QED) is 0.357. The van der Waals surface area contributed by atoms with Gasteiger partial charge in [-0.25, -0.2) is 10.9 Å². The van der Waals surface area contributed by atoms with Gasteiger partial charge >= 0.3 is 0 Å². The van der Waals surface area contributed by atoms with Crippen molar-refractivity contribution in [3.8, 4) is 0 Å². The third kappa shape index (κ3) is 8.74. The van der Waals surface area contributed by atoms with Gasteiger partial charge in [-0.3, -0.25) is 9.59 Å². The Labute approximate surface area is 167 Å². The molecule has 0 aromatic carbocycles. The Hall–Kier alpha value is -2.32. The van der Waals surface area contributed by atoms with Crippen molar-refractivity contribution >= 4 is 46.9 Å². The van der Waals surface area contributed by atoms with Gasteiger partial charge in [0.2, 0.25) is 11.8 Å². The van der Waals surface area contributed by atoms with Crippen molar-refractivity contribution in [2.45, 2.75) is 46.0 Å². The van der Waals surface area contributed by atoms with Gasteiger partial charge in [0.15, 0.2) is 0 Å². The van der Waals surface area contributed by atoms with E-state index in [4.69, 9.17) is 0 Å². The lowest BCUT2D eigenvalue weighted by Crippen LogP contribution is -2.18. The third-order valence-corrected chi connectivity index (χ3v) is 5.46. The van der Waals surface area contributed by atoms with Crippen LogP contribution in [0.5, 0.6) is 0 Å². The number of thiophene rings is 2. The van der Waals surface area contributed by atoms with Crippen LogP contribution < -0.4 is 10.9 Å². The van der Waals surface area contributed by atoms with Gasteiger partial charge in [-0.1, -0.05) is 6.42 Å². The van der Waals surface area contributed by atoms with Gasteiger partial charge in [-0.05, 0) is 51.0 Å². The molecule has 0 saturated heterocycles. The Morgan fingerprint density at radius 3 is 1.63 bits per heavy atom. The van der Waals surface area contributed by atoms with Crippen LogP contribution in [0.15, 0.2) is 34.5 Å². The fourth-order valence-electron chi connectivity index (χ4n) is 2.24. The average molecular weight is 405 g/mol. The molecule has 0 atom stereocenters. The van der Waals surface area contributed by atoms with Crippen LogP contribution in [0.3, 0.4) is 0 Å². The number of carbonyl (C=O) groups is 2. The SMILES string of the molecule is Cc1ccc(/C=N/NC(=O)CCCCCC(=O)N/N=C/c2ccc(C)s2)s1. The summed E-state index contributed by atoms with van der Waals surface area (Å²) in [6.07, 6.45) is 6.37. The molecule has 0 bridgehead atoms. The molecule has 2 heterocycles. The second-order valence-electron chi connectivity index (χ2n) is 6.04. The van der Waals surface area contributed by atoms with Gasteiger partial charge < -0.3 is 0 Å². The van der Waals surface area contributed by atoms with Crippen molar-refractivity contribution in [2.75, 3.05) is 0 Å². The number of hydrogen-bond donors (Lipinski definition) is 2. The number of aryl methyl sites for hydroxylation is 2. The normalized spacial score (nSPS) is 11.3. The summed E-state index contributed by atoms with van der Waals surface area (Å²) < 4.78 is 0. The Bertz CT molecular complexity index is 742. The van der Waals surface area contributed by atoms with Gasteiger partial charge in [0.1, 0.15) is 0 Å². The van der Waals surface area contributed by atoms with Crippen LogP contribution in [0.1, 0.15) is 51.6 Å². The molecule has 2 N–H and O–H groups in total. The van der Waals surface area contributed by atoms with Gasteiger partial charge in [0, 0.05) is 32.4 Å². The number of nitrogens with zero attached hydrogens (tertiary/aromatic N) is 2. The summed E-state index contributed by atoms with van der Waals surface area (Å²) in [6, 6.07) is 7.95. The molecule has 0 saturated carbocycles. The minimum absolute atomic E-state index is 0.111. The van der Waals surface area contributed by atoms with E-state index in [1.807, 2.05) is 38.1 Å². The number of amides is 2. The van der Waals surface area contributed by atoms with Crippen molar-refractivity contribution in [1.29, 1.82) is 0 Å². The lowest BCUT2D eigenvalue weighted by atomic mass is 10.1. The minimum atomic E-state index is -0.111. The van der Waals surface area contributed by atoms with Gasteiger partial charge in [-0.15, -0.1) is 22.7 Å². The maximum absolute atomic E-state index is 11.7. The van der Waals surface area contributed by atoms with E-state index in [-0.39, 0.29) is 11.8 Å². The molecule has 0 spiro atoms. The molecule has 0 aliphatic carbocycles. The van der Waals surface area contributed by atoms with E-state index < -0.39 is 0 Å². The van der Waals surface area contributed by atoms with Crippen LogP contribution in [0.2, 0.25) is 0 Å². The van der Waals surface area contributed by atoms with E-state index in [0.29, 0.717) is 12.8 Å². The summed E-state index contributed by atoms with van der Waals surface area (Å²) in [5.41, 5.74) is 5.05. The molecule has 0 unspecified atom stereocenters. The van der Waals surface area contributed by atoms with E-state index >= 15 is 0 Å². The smallest absolute Gasteiger partial charge is 0.240 e. The van der Waals surface area contributed by atoms with E-state index in [1.54, 1.807) is 35.1 Å². The first kappa shape index (κ1) is 21.0. The molecule has 144 valence electrons. The maximum atomic E-state index is 11.7. The second kappa shape index (κ2) is 11.4. The number of nitrogens with one attached hydrogen (secondary N) is 2. The Kier molecular flexibility index (Phi) is 8.86. The van der Waals surface area contributed by atoms with Crippen LogP contribution in [0.25, 0.3) is 0 Å². The molecule has 6 nitrogen and oxygen atoms in total. The Morgan fingerprint density at radius 1 is 0.815 bits per heavy atom. The highest BCUT2D eigenvalue weighted by molar-refractivity contribution is 7.13. The topological polar surface area (TPSA) is 82.9 Å². The van der Waals surface area contributed by atoms with Gasteiger partial charge in [0.05, 0.1) is 12.4 Å².